The molecule has 0 saturated carbocycles. The Labute approximate surface area is 162 Å². The van der Waals surface area contributed by atoms with Gasteiger partial charge in [-0.05, 0) is 30.4 Å². The van der Waals surface area contributed by atoms with Crippen molar-refractivity contribution in [3.05, 3.63) is 60.1 Å². The molecule has 1 atom stereocenters. The number of anilines is 1. The third kappa shape index (κ3) is 3.52. The fraction of sp³-hybridized carbons (Fsp3) is 0.333. The molecule has 7 heteroatoms. The molecule has 4 rings (SSSR count). The summed E-state index contributed by atoms with van der Waals surface area (Å²) in [4.78, 5) is 29.3. The molecule has 2 aliphatic rings. The Morgan fingerprint density at radius 3 is 2.71 bits per heavy atom. The fourth-order valence-corrected chi connectivity index (χ4v) is 3.63. The summed E-state index contributed by atoms with van der Waals surface area (Å²) in [5.41, 5.74) is -0.759. The van der Waals surface area contributed by atoms with Crippen LogP contribution in [0.5, 0.6) is 0 Å². The molecule has 146 valence electrons. The second kappa shape index (κ2) is 7.71. The van der Waals surface area contributed by atoms with Gasteiger partial charge >= 0.3 is 0 Å². The number of fused-ring (bicyclic) bond motifs is 1. The van der Waals surface area contributed by atoms with Crippen LogP contribution >= 0.6 is 0 Å². The number of carbonyl (C=O) groups excluding carboxylic acids is 2. The highest BCUT2D eigenvalue weighted by molar-refractivity contribution is 6.10. The van der Waals surface area contributed by atoms with Gasteiger partial charge in [0, 0.05) is 18.7 Å². The van der Waals surface area contributed by atoms with Gasteiger partial charge in [0.15, 0.2) is 11.4 Å². The van der Waals surface area contributed by atoms with Gasteiger partial charge in [-0.25, -0.2) is 0 Å². The molecule has 1 unspecified atom stereocenters. The lowest BCUT2D eigenvalue weighted by Crippen LogP contribution is -2.48. The number of allylic oxidation sites excluding steroid dienone is 1. The second-order valence-electron chi connectivity index (χ2n) is 6.97. The lowest BCUT2D eigenvalue weighted by molar-refractivity contribution is -0.141. The van der Waals surface area contributed by atoms with E-state index in [9.17, 15) is 14.7 Å². The zero-order chi connectivity index (χ0) is 19.6. The van der Waals surface area contributed by atoms with Crippen LogP contribution < -0.4 is 4.90 Å². The topological polar surface area (TPSA) is 83.2 Å². The molecule has 2 aliphatic heterocycles. The lowest BCUT2D eigenvalue weighted by Gasteiger charge is -2.31. The Hall–Kier alpha value is -2.74. The van der Waals surface area contributed by atoms with Gasteiger partial charge in [-0.3, -0.25) is 19.4 Å². The van der Waals surface area contributed by atoms with Gasteiger partial charge in [-0.15, -0.1) is 0 Å². The number of carbonyl (C=O) groups is 2. The van der Waals surface area contributed by atoms with Crippen LogP contribution in [0.4, 0.5) is 5.69 Å². The van der Waals surface area contributed by atoms with E-state index in [0.29, 0.717) is 36.9 Å². The van der Waals surface area contributed by atoms with E-state index < -0.39 is 11.5 Å². The Balaban J connectivity index is 1.55. The average molecular weight is 382 g/mol. The maximum absolute atomic E-state index is 13.1. The molecule has 0 bridgehead atoms. The van der Waals surface area contributed by atoms with Crippen molar-refractivity contribution in [2.75, 3.05) is 37.9 Å². The molecule has 0 radical (unpaired) electrons. The maximum atomic E-state index is 13.1. The molecule has 0 spiro atoms. The standard InChI is InChI=1S/C21H22N2O5/c24-16(7-8-17-4-3-11-28-17)14-21(26)18-5-1-2-6-19(18)23(20(21)25)15-22-9-12-27-13-10-22/h1-8,11,26H,9-10,12-15H2. The van der Waals surface area contributed by atoms with E-state index in [2.05, 4.69) is 4.90 Å². The van der Waals surface area contributed by atoms with Crippen molar-refractivity contribution in [1.29, 1.82) is 0 Å². The monoisotopic (exact) mass is 382 g/mol. The Bertz CT molecular complexity index is 886. The van der Waals surface area contributed by atoms with Crippen LogP contribution in [0.25, 0.3) is 6.08 Å². The number of ether oxygens (including phenoxy) is 1. The van der Waals surface area contributed by atoms with Gasteiger partial charge in [0.1, 0.15) is 5.76 Å². The van der Waals surface area contributed by atoms with Gasteiger partial charge in [0.05, 0.1) is 38.3 Å². The molecule has 2 aromatic rings. The summed E-state index contributed by atoms with van der Waals surface area (Å²) in [6, 6.07) is 10.5. The summed E-state index contributed by atoms with van der Waals surface area (Å²) in [5.74, 6) is -0.289. The zero-order valence-electron chi connectivity index (χ0n) is 15.4. The SMILES string of the molecule is O=C(C=Cc1ccco1)CC1(O)C(=O)N(CN2CCOCC2)c2ccccc21. The third-order valence-corrected chi connectivity index (χ3v) is 5.09. The number of furan rings is 1. The molecule has 1 aromatic heterocycles. The van der Waals surface area contributed by atoms with Crippen molar-refractivity contribution >= 4 is 23.5 Å². The van der Waals surface area contributed by atoms with Crippen molar-refractivity contribution in [1.82, 2.24) is 4.90 Å². The second-order valence-corrected chi connectivity index (χ2v) is 6.97. The average Bonchev–Trinajstić information content (AvgIpc) is 3.30. The first kappa shape index (κ1) is 18.6. The number of para-hydroxylation sites is 1. The van der Waals surface area contributed by atoms with E-state index in [1.807, 2.05) is 6.07 Å². The zero-order valence-corrected chi connectivity index (χ0v) is 15.4. The summed E-state index contributed by atoms with van der Waals surface area (Å²) in [6.07, 6.45) is 4.05. The molecule has 28 heavy (non-hydrogen) atoms. The number of hydrogen-bond acceptors (Lipinski definition) is 6. The van der Waals surface area contributed by atoms with Crippen molar-refractivity contribution in [3.8, 4) is 0 Å². The molecule has 1 amide bonds. The quantitative estimate of drug-likeness (QED) is 0.767. The molecule has 0 aliphatic carbocycles. The van der Waals surface area contributed by atoms with Gasteiger partial charge in [-0.1, -0.05) is 18.2 Å². The first-order valence-electron chi connectivity index (χ1n) is 9.26. The summed E-state index contributed by atoms with van der Waals surface area (Å²) >= 11 is 0. The van der Waals surface area contributed by atoms with Crippen molar-refractivity contribution in [3.63, 3.8) is 0 Å². The molecule has 1 saturated heterocycles. The smallest absolute Gasteiger partial charge is 0.265 e. The van der Waals surface area contributed by atoms with E-state index in [-0.39, 0.29) is 12.2 Å². The Morgan fingerprint density at radius 2 is 1.96 bits per heavy atom. The highest BCUT2D eigenvalue weighted by Gasteiger charge is 2.50. The highest BCUT2D eigenvalue weighted by Crippen LogP contribution is 2.42. The fourth-order valence-electron chi connectivity index (χ4n) is 3.63. The first-order valence-corrected chi connectivity index (χ1v) is 9.26. The maximum Gasteiger partial charge on any atom is 0.265 e. The van der Waals surface area contributed by atoms with Gasteiger partial charge in [0.25, 0.3) is 5.91 Å². The van der Waals surface area contributed by atoms with Crippen molar-refractivity contribution < 1.29 is 23.8 Å². The summed E-state index contributed by atoms with van der Waals surface area (Å²) < 4.78 is 10.5. The van der Waals surface area contributed by atoms with Gasteiger partial charge < -0.3 is 14.3 Å². The molecule has 1 fully saturated rings. The van der Waals surface area contributed by atoms with E-state index in [1.54, 1.807) is 35.2 Å². The summed E-state index contributed by atoms with van der Waals surface area (Å²) in [5, 5.41) is 11.2. The van der Waals surface area contributed by atoms with Crippen molar-refractivity contribution in [2.45, 2.75) is 12.0 Å². The van der Waals surface area contributed by atoms with Crippen molar-refractivity contribution in [2.24, 2.45) is 0 Å². The van der Waals surface area contributed by atoms with Crippen LogP contribution in [0, 0.1) is 0 Å². The third-order valence-electron chi connectivity index (χ3n) is 5.09. The summed E-state index contributed by atoms with van der Waals surface area (Å²) in [7, 11) is 0. The molecular formula is C21H22N2O5. The predicted molar refractivity (Wildman–Crippen MR) is 102 cm³/mol. The number of hydrogen-bond donors (Lipinski definition) is 1. The minimum atomic E-state index is -1.87. The van der Waals surface area contributed by atoms with Crippen LogP contribution in [0.3, 0.4) is 0 Å². The van der Waals surface area contributed by atoms with Crippen LogP contribution in [0.15, 0.2) is 53.2 Å². The molecule has 1 N–H and O–H groups in total. The van der Waals surface area contributed by atoms with E-state index in [4.69, 9.17) is 9.15 Å². The summed E-state index contributed by atoms with van der Waals surface area (Å²) in [6.45, 7) is 3.02. The largest absolute Gasteiger partial charge is 0.465 e. The van der Waals surface area contributed by atoms with Crippen LogP contribution in [0.1, 0.15) is 17.7 Å². The van der Waals surface area contributed by atoms with Crippen LogP contribution in [-0.4, -0.2) is 54.7 Å². The molecule has 7 nitrogen and oxygen atoms in total. The first-order chi connectivity index (χ1) is 13.6. The minimum absolute atomic E-state index is 0.320. The Kier molecular flexibility index (Phi) is 5.13. The minimum Gasteiger partial charge on any atom is -0.465 e. The number of ketones is 1. The normalized spacial score (nSPS) is 22.8. The number of rotatable bonds is 6. The molecule has 1 aromatic carbocycles. The number of benzene rings is 1. The van der Waals surface area contributed by atoms with Crippen LogP contribution in [0.2, 0.25) is 0 Å². The van der Waals surface area contributed by atoms with Gasteiger partial charge in [0.2, 0.25) is 0 Å². The van der Waals surface area contributed by atoms with Gasteiger partial charge in [-0.2, -0.15) is 0 Å². The lowest BCUT2D eigenvalue weighted by atomic mass is 9.90. The molecular weight excluding hydrogens is 360 g/mol. The number of amides is 1. The van der Waals surface area contributed by atoms with E-state index >= 15 is 0 Å². The van der Waals surface area contributed by atoms with E-state index in [1.165, 1.54) is 18.4 Å². The van der Waals surface area contributed by atoms with E-state index in [0.717, 1.165) is 13.1 Å². The Morgan fingerprint density at radius 1 is 1.18 bits per heavy atom. The molecule has 3 heterocycles. The highest BCUT2D eigenvalue weighted by atomic mass is 16.5. The number of morpholine rings is 1. The number of nitrogens with zero attached hydrogens (tertiary/aromatic N) is 2. The predicted octanol–water partition coefficient (Wildman–Crippen LogP) is 1.78. The van der Waals surface area contributed by atoms with Crippen LogP contribution in [-0.2, 0) is 19.9 Å². The number of aliphatic hydroxyl groups is 1.